The van der Waals surface area contributed by atoms with Crippen LogP contribution in [0.3, 0.4) is 0 Å². The summed E-state index contributed by atoms with van der Waals surface area (Å²) in [4.78, 5) is 6.49. The summed E-state index contributed by atoms with van der Waals surface area (Å²) in [5.74, 6) is 2.05. The van der Waals surface area contributed by atoms with E-state index in [-0.39, 0.29) is 6.17 Å². The summed E-state index contributed by atoms with van der Waals surface area (Å²) in [6.45, 7) is 5.44. The highest BCUT2D eigenvalue weighted by Gasteiger charge is 2.23. The number of guanidine groups is 1. The average Bonchev–Trinajstić information content (AvgIpc) is 3.24. The SMILES string of the molecule is CCN1C(Nc2cc(C)no2)=NC=CC1Nc1cc(CCCOC)[nH]n1. The van der Waals surface area contributed by atoms with Gasteiger partial charge in [-0.1, -0.05) is 5.16 Å². The number of nitrogens with zero attached hydrogens (tertiary/aromatic N) is 4. The molecule has 1 unspecified atom stereocenters. The number of aryl methyl sites for hydroxylation is 2. The fraction of sp³-hybridized carbons (Fsp3) is 0.471. The Morgan fingerprint density at radius 3 is 3.00 bits per heavy atom. The van der Waals surface area contributed by atoms with Gasteiger partial charge in [0.1, 0.15) is 12.0 Å². The third kappa shape index (κ3) is 4.42. The lowest BCUT2D eigenvalue weighted by atomic mass is 10.2. The van der Waals surface area contributed by atoms with Gasteiger partial charge in [-0.05, 0) is 32.8 Å². The zero-order valence-corrected chi connectivity index (χ0v) is 15.3. The zero-order chi connectivity index (χ0) is 18.4. The maximum Gasteiger partial charge on any atom is 0.231 e. The van der Waals surface area contributed by atoms with E-state index in [0.717, 1.165) is 43.2 Å². The first-order valence-corrected chi connectivity index (χ1v) is 8.70. The molecule has 1 aliphatic rings. The summed E-state index contributed by atoms with van der Waals surface area (Å²) >= 11 is 0. The lowest BCUT2D eigenvalue weighted by Gasteiger charge is -2.33. The number of methoxy groups -OCH3 is 1. The van der Waals surface area contributed by atoms with E-state index >= 15 is 0 Å². The zero-order valence-electron chi connectivity index (χ0n) is 15.3. The summed E-state index contributed by atoms with van der Waals surface area (Å²) in [5, 5.41) is 17.9. The molecule has 2 aromatic rings. The molecule has 3 N–H and O–H groups in total. The van der Waals surface area contributed by atoms with Crippen LogP contribution in [0.2, 0.25) is 0 Å². The van der Waals surface area contributed by atoms with Crippen molar-refractivity contribution in [2.45, 2.75) is 32.9 Å². The number of likely N-dealkylation sites (N-methyl/N-ethyl adjacent to an activating group) is 1. The van der Waals surface area contributed by atoms with Gasteiger partial charge in [0, 0.05) is 44.3 Å². The molecule has 140 valence electrons. The van der Waals surface area contributed by atoms with Gasteiger partial charge in [-0.25, -0.2) is 4.99 Å². The van der Waals surface area contributed by atoms with Gasteiger partial charge in [-0.15, -0.1) is 0 Å². The number of rotatable bonds is 8. The summed E-state index contributed by atoms with van der Waals surface area (Å²) in [6.07, 6.45) is 5.54. The van der Waals surface area contributed by atoms with Crippen molar-refractivity contribution in [2.75, 3.05) is 30.9 Å². The van der Waals surface area contributed by atoms with Crippen LogP contribution in [0.5, 0.6) is 0 Å². The third-order valence-corrected chi connectivity index (χ3v) is 4.00. The second-order valence-electron chi connectivity index (χ2n) is 6.00. The van der Waals surface area contributed by atoms with Crippen molar-refractivity contribution < 1.29 is 9.26 Å². The molecular weight excluding hydrogens is 334 g/mol. The first kappa shape index (κ1) is 18.0. The van der Waals surface area contributed by atoms with Crippen LogP contribution in [0.15, 0.2) is 33.9 Å². The topological polar surface area (TPSA) is 104 Å². The molecule has 1 aliphatic heterocycles. The quantitative estimate of drug-likeness (QED) is 0.622. The Morgan fingerprint density at radius 1 is 1.38 bits per heavy atom. The Hall–Kier alpha value is -2.81. The molecule has 3 rings (SSSR count). The van der Waals surface area contributed by atoms with E-state index in [9.17, 15) is 0 Å². The number of ether oxygens (including phenoxy) is 1. The van der Waals surface area contributed by atoms with Gasteiger partial charge in [0.2, 0.25) is 11.8 Å². The minimum Gasteiger partial charge on any atom is -0.385 e. The first-order chi connectivity index (χ1) is 12.7. The number of aromatic nitrogens is 3. The van der Waals surface area contributed by atoms with Crippen LogP contribution in [0, 0.1) is 6.92 Å². The van der Waals surface area contributed by atoms with Crippen LogP contribution in [-0.2, 0) is 11.2 Å². The molecule has 0 saturated carbocycles. The van der Waals surface area contributed by atoms with Crippen molar-refractivity contribution in [3.8, 4) is 0 Å². The summed E-state index contributed by atoms with van der Waals surface area (Å²) < 4.78 is 10.3. The minimum absolute atomic E-state index is 0.0702. The Morgan fingerprint density at radius 2 is 2.27 bits per heavy atom. The molecule has 0 bridgehead atoms. The van der Waals surface area contributed by atoms with Crippen LogP contribution in [0.25, 0.3) is 0 Å². The highest BCUT2D eigenvalue weighted by atomic mass is 16.5. The van der Waals surface area contributed by atoms with E-state index in [4.69, 9.17) is 9.26 Å². The lowest BCUT2D eigenvalue weighted by molar-refractivity contribution is 0.195. The fourth-order valence-electron chi connectivity index (χ4n) is 2.74. The van der Waals surface area contributed by atoms with Gasteiger partial charge >= 0.3 is 0 Å². The highest BCUT2D eigenvalue weighted by Crippen LogP contribution is 2.16. The second kappa shape index (κ2) is 8.52. The van der Waals surface area contributed by atoms with Crippen molar-refractivity contribution in [3.63, 3.8) is 0 Å². The van der Waals surface area contributed by atoms with Crippen molar-refractivity contribution in [1.29, 1.82) is 0 Å². The number of nitrogens with one attached hydrogen (secondary N) is 3. The molecule has 0 aliphatic carbocycles. The van der Waals surface area contributed by atoms with E-state index < -0.39 is 0 Å². The number of anilines is 2. The maximum absolute atomic E-state index is 5.22. The lowest BCUT2D eigenvalue weighted by Crippen LogP contribution is -2.48. The van der Waals surface area contributed by atoms with E-state index in [1.54, 1.807) is 13.3 Å². The fourth-order valence-corrected chi connectivity index (χ4v) is 2.74. The number of aromatic amines is 1. The van der Waals surface area contributed by atoms with Crippen molar-refractivity contribution in [3.05, 3.63) is 35.8 Å². The maximum atomic E-state index is 5.22. The molecule has 9 nitrogen and oxygen atoms in total. The Balaban J connectivity index is 1.63. The van der Waals surface area contributed by atoms with E-state index in [1.807, 2.05) is 25.1 Å². The molecule has 1 atom stereocenters. The molecule has 0 spiro atoms. The number of aliphatic imine (C=N–C) groups is 1. The summed E-state index contributed by atoms with van der Waals surface area (Å²) in [6, 6.07) is 3.85. The smallest absolute Gasteiger partial charge is 0.231 e. The van der Waals surface area contributed by atoms with E-state index in [0.29, 0.717) is 11.8 Å². The van der Waals surface area contributed by atoms with Gasteiger partial charge in [0.15, 0.2) is 0 Å². The van der Waals surface area contributed by atoms with Gasteiger partial charge in [-0.3, -0.25) is 10.4 Å². The number of hydrogen-bond donors (Lipinski definition) is 3. The van der Waals surface area contributed by atoms with Crippen LogP contribution < -0.4 is 10.6 Å². The molecule has 0 saturated heterocycles. The first-order valence-electron chi connectivity index (χ1n) is 8.70. The van der Waals surface area contributed by atoms with Gasteiger partial charge in [-0.2, -0.15) is 5.10 Å². The van der Waals surface area contributed by atoms with Crippen LogP contribution in [-0.4, -0.2) is 52.6 Å². The summed E-state index contributed by atoms with van der Waals surface area (Å²) in [5.41, 5.74) is 1.89. The Bertz CT molecular complexity index is 765. The number of hydrogen-bond acceptors (Lipinski definition) is 8. The summed E-state index contributed by atoms with van der Waals surface area (Å²) in [7, 11) is 1.71. The molecule has 0 aromatic carbocycles. The molecule has 0 fully saturated rings. The molecule has 2 aromatic heterocycles. The predicted molar refractivity (Wildman–Crippen MR) is 100 cm³/mol. The van der Waals surface area contributed by atoms with Crippen LogP contribution in [0.4, 0.5) is 11.7 Å². The van der Waals surface area contributed by atoms with E-state index in [2.05, 4.69) is 42.8 Å². The standard InChI is InChI=1S/C17H25N7O2/c1-4-24-15(19-14-11-13(21-22-14)6-5-9-25-3)7-8-18-17(24)20-16-10-12(2)23-26-16/h7-8,10-11,15H,4-6,9H2,1-3H3,(H,18,20)(H2,19,21,22). The normalized spacial score (nSPS) is 16.7. The van der Waals surface area contributed by atoms with Gasteiger partial charge in [0.25, 0.3) is 0 Å². The van der Waals surface area contributed by atoms with Crippen LogP contribution in [0.1, 0.15) is 24.7 Å². The monoisotopic (exact) mass is 359 g/mol. The van der Waals surface area contributed by atoms with Gasteiger partial charge in [0.05, 0.1) is 5.69 Å². The van der Waals surface area contributed by atoms with Crippen molar-refractivity contribution >= 4 is 17.7 Å². The molecule has 9 heteroatoms. The third-order valence-electron chi connectivity index (χ3n) is 4.00. The largest absolute Gasteiger partial charge is 0.385 e. The van der Waals surface area contributed by atoms with Crippen LogP contribution >= 0.6 is 0 Å². The predicted octanol–water partition coefficient (Wildman–Crippen LogP) is 2.34. The number of H-pyrrole nitrogens is 1. The second-order valence-corrected chi connectivity index (χ2v) is 6.00. The molecule has 0 radical (unpaired) electrons. The molecule has 26 heavy (non-hydrogen) atoms. The Kier molecular flexibility index (Phi) is 5.90. The molecule has 0 amide bonds. The van der Waals surface area contributed by atoms with Crippen molar-refractivity contribution in [2.24, 2.45) is 4.99 Å². The van der Waals surface area contributed by atoms with Gasteiger partial charge < -0.3 is 19.5 Å². The molecule has 3 heterocycles. The van der Waals surface area contributed by atoms with Crippen molar-refractivity contribution in [1.82, 2.24) is 20.3 Å². The highest BCUT2D eigenvalue weighted by molar-refractivity contribution is 5.94. The minimum atomic E-state index is -0.0702. The molecular formula is C17H25N7O2. The van der Waals surface area contributed by atoms with E-state index in [1.165, 1.54) is 0 Å². The Labute approximate surface area is 152 Å². The average molecular weight is 359 g/mol.